The fraction of sp³-hybridized carbons (Fsp3) is 0.571. The summed E-state index contributed by atoms with van der Waals surface area (Å²) in [6.07, 6.45) is 7.49. The Balaban J connectivity index is 1.75. The lowest BCUT2D eigenvalue weighted by atomic mass is 9.71. The van der Waals surface area contributed by atoms with Crippen molar-refractivity contribution in [3.8, 4) is 28.5 Å². The van der Waals surface area contributed by atoms with Crippen molar-refractivity contribution in [3.63, 3.8) is 0 Å². The summed E-state index contributed by atoms with van der Waals surface area (Å²) < 4.78 is 6.68. The number of anilines is 2. The van der Waals surface area contributed by atoms with Gasteiger partial charge in [-0.1, -0.05) is 33.5 Å². The predicted octanol–water partition coefficient (Wildman–Crippen LogP) is 4.92. The van der Waals surface area contributed by atoms with Gasteiger partial charge in [-0.25, -0.2) is 9.97 Å². The molecule has 7 heteroatoms. The van der Waals surface area contributed by atoms with Gasteiger partial charge in [0.15, 0.2) is 0 Å². The molecule has 2 aliphatic carbocycles. The fourth-order valence-electron chi connectivity index (χ4n) is 5.38. The zero-order valence-electron chi connectivity index (χ0n) is 22.2. The molecular weight excluding hydrogens is 450 g/mol. The smallest absolute Gasteiger partial charge is 0.143 e. The van der Waals surface area contributed by atoms with Crippen LogP contribution in [0.2, 0.25) is 19.6 Å². The number of nitrogens with zero attached hydrogens (tertiary/aromatic N) is 3. The Morgan fingerprint density at radius 1 is 1.14 bits per heavy atom. The van der Waals surface area contributed by atoms with Crippen LogP contribution >= 0.6 is 0 Å². The van der Waals surface area contributed by atoms with E-state index in [0.29, 0.717) is 11.9 Å². The molecule has 2 aliphatic rings. The van der Waals surface area contributed by atoms with Gasteiger partial charge in [-0.2, -0.15) is 0 Å². The molecule has 0 spiro atoms. The van der Waals surface area contributed by atoms with Crippen LogP contribution in [0, 0.1) is 11.5 Å². The third kappa shape index (κ3) is 5.65. The largest absolute Gasteiger partial charge is 0.488 e. The molecule has 4 N–H and O–H groups in total. The Morgan fingerprint density at radius 2 is 1.86 bits per heavy atom. The van der Waals surface area contributed by atoms with Crippen molar-refractivity contribution >= 4 is 19.6 Å². The first-order valence-electron chi connectivity index (χ1n) is 12.9. The van der Waals surface area contributed by atoms with E-state index < -0.39 is 8.07 Å². The van der Waals surface area contributed by atoms with Crippen LogP contribution in [-0.2, 0) is 11.8 Å². The second-order valence-electron chi connectivity index (χ2n) is 11.9. The molecule has 2 aromatic rings. The number of ether oxygens (including phenoxy) is 1. The molecule has 1 aromatic carbocycles. The first-order valence-corrected chi connectivity index (χ1v) is 16.4. The van der Waals surface area contributed by atoms with Crippen LogP contribution in [0.3, 0.4) is 0 Å². The van der Waals surface area contributed by atoms with E-state index in [1.54, 1.807) is 6.33 Å². The van der Waals surface area contributed by atoms with Crippen LogP contribution in [0.25, 0.3) is 11.3 Å². The first kappa shape index (κ1) is 25.5. The fourth-order valence-corrected chi connectivity index (χ4v) is 6.03. The molecule has 0 atom stereocenters. The average Bonchev–Trinajstić information content (AvgIpc) is 2.77. The molecule has 0 saturated heterocycles. The third-order valence-electron chi connectivity index (χ3n) is 7.10. The number of aromatic nitrogens is 2. The Bertz CT molecular complexity index is 1140. The highest BCUT2D eigenvalue weighted by molar-refractivity contribution is 6.83. The second-order valence-corrected chi connectivity index (χ2v) is 16.6. The highest BCUT2D eigenvalue weighted by atomic mass is 28.3. The minimum absolute atomic E-state index is 0.183. The molecule has 0 unspecified atom stereocenters. The van der Waals surface area contributed by atoms with E-state index in [-0.39, 0.29) is 11.5 Å². The van der Waals surface area contributed by atoms with E-state index in [9.17, 15) is 0 Å². The lowest BCUT2D eigenvalue weighted by Crippen LogP contribution is -2.33. The SMILES string of the molecule is CN(CCC#C[Si](C)(C)C)c1c(O[C@H]2CC[C@H](N)CC2)ccc2c1CC(C)(C)c1c(N)ncnc1-2. The van der Waals surface area contributed by atoms with Gasteiger partial charge in [-0.05, 0) is 55.2 Å². The summed E-state index contributed by atoms with van der Waals surface area (Å²) >= 11 is 0. The first-order chi connectivity index (χ1) is 16.5. The van der Waals surface area contributed by atoms with E-state index in [1.165, 1.54) is 5.56 Å². The van der Waals surface area contributed by atoms with Crippen molar-refractivity contribution in [1.29, 1.82) is 0 Å². The number of hydrogen-bond acceptors (Lipinski definition) is 6. The Hall–Kier alpha value is -2.56. The number of nitrogens with two attached hydrogens (primary N) is 2. The van der Waals surface area contributed by atoms with Gasteiger partial charge in [0.1, 0.15) is 26.0 Å². The Morgan fingerprint density at radius 3 is 2.54 bits per heavy atom. The summed E-state index contributed by atoms with van der Waals surface area (Å²) in [5.41, 5.74) is 21.3. The second kappa shape index (κ2) is 9.83. The minimum atomic E-state index is -1.38. The van der Waals surface area contributed by atoms with Crippen LogP contribution in [0.5, 0.6) is 5.75 Å². The van der Waals surface area contributed by atoms with Crippen molar-refractivity contribution in [3.05, 3.63) is 29.6 Å². The standard InChI is InChI=1S/C28H41N5OSi/c1-28(2)17-22-21(25-24(28)27(30)32-18-31-25)13-14-23(34-20-11-9-19(29)10-12-20)26(22)33(3)15-7-8-16-35(4,5)6/h13-14,18-20H,7,9-12,15,17,29H2,1-6H3,(H2,30,31,32)/t19-,20-. The number of benzene rings is 1. The molecule has 0 bridgehead atoms. The van der Waals surface area contributed by atoms with E-state index in [0.717, 1.165) is 73.3 Å². The summed E-state index contributed by atoms with van der Waals surface area (Å²) in [5.74, 6) is 4.95. The van der Waals surface area contributed by atoms with Gasteiger partial charge in [-0.15, -0.1) is 11.5 Å². The quantitative estimate of drug-likeness (QED) is 0.456. The lowest BCUT2D eigenvalue weighted by Gasteiger charge is -2.37. The Kier molecular flexibility index (Phi) is 7.17. The van der Waals surface area contributed by atoms with Gasteiger partial charge in [0, 0.05) is 37.2 Å². The Labute approximate surface area is 211 Å². The number of hydrogen-bond donors (Lipinski definition) is 2. The van der Waals surface area contributed by atoms with E-state index in [1.807, 2.05) is 0 Å². The van der Waals surface area contributed by atoms with Gasteiger partial charge in [-0.3, -0.25) is 0 Å². The van der Waals surface area contributed by atoms with Crippen LogP contribution in [0.1, 0.15) is 57.1 Å². The molecule has 188 valence electrons. The monoisotopic (exact) mass is 491 g/mol. The third-order valence-corrected chi connectivity index (χ3v) is 8.03. The molecule has 1 heterocycles. The normalized spacial score (nSPS) is 20.8. The number of rotatable bonds is 5. The molecule has 1 aromatic heterocycles. The highest BCUT2D eigenvalue weighted by Gasteiger charge is 2.37. The molecule has 6 nitrogen and oxygen atoms in total. The van der Waals surface area contributed by atoms with Gasteiger partial charge in [0.25, 0.3) is 0 Å². The van der Waals surface area contributed by atoms with Crippen molar-refractivity contribution < 1.29 is 4.74 Å². The van der Waals surface area contributed by atoms with Gasteiger partial charge < -0.3 is 21.1 Å². The lowest BCUT2D eigenvalue weighted by molar-refractivity contribution is 0.147. The zero-order valence-corrected chi connectivity index (χ0v) is 23.2. The number of nitrogen functional groups attached to an aromatic ring is 1. The zero-order chi connectivity index (χ0) is 25.4. The molecule has 0 amide bonds. The van der Waals surface area contributed by atoms with Crippen LogP contribution in [0.15, 0.2) is 18.5 Å². The maximum Gasteiger partial charge on any atom is 0.143 e. The maximum absolute atomic E-state index is 6.68. The predicted molar refractivity (Wildman–Crippen MR) is 148 cm³/mol. The molecule has 0 aliphatic heterocycles. The minimum Gasteiger partial charge on any atom is -0.488 e. The van der Waals surface area contributed by atoms with Gasteiger partial charge in [0.05, 0.1) is 17.5 Å². The topological polar surface area (TPSA) is 90.3 Å². The van der Waals surface area contributed by atoms with E-state index in [2.05, 4.69) is 74.0 Å². The van der Waals surface area contributed by atoms with Crippen molar-refractivity contribution in [2.45, 2.75) is 89.6 Å². The van der Waals surface area contributed by atoms with Crippen molar-refractivity contribution in [2.75, 3.05) is 24.2 Å². The van der Waals surface area contributed by atoms with E-state index in [4.69, 9.17) is 21.2 Å². The van der Waals surface area contributed by atoms with Crippen LogP contribution in [0.4, 0.5) is 11.5 Å². The van der Waals surface area contributed by atoms with E-state index >= 15 is 0 Å². The van der Waals surface area contributed by atoms with Gasteiger partial charge >= 0.3 is 0 Å². The van der Waals surface area contributed by atoms with Gasteiger partial charge in [0.2, 0.25) is 0 Å². The van der Waals surface area contributed by atoms with Crippen LogP contribution < -0.4 is 21.1 Å². The van der Waals surface area contributed by atoms with Crippen LogP contribution in [-0.4, -0.2) is 43.8 Å². The highest BCUT2D eigenvalue weighted by Crippen LogP contribution is 2.49. The summed E-state index contributed by atoms with van der Waals surface area (Å²) in [5, 5.41) is 0. The molecule has 35 heavy (non-hydrogen) atoms. The van der Waals surface area contributed by atoms with Crippen molar-refractivity contribution in [1.82, 2.24) is 9.97 Å². The molecule has 1 saturated carbocycles. The molecular formula is C28H41N5OSi. The number of fused-ring (bicyclic) bond motifs is 3. The molecule has 4 rings (SSSR count). The molecule has 0 radical (unpaired) electrons. The summed E-state index contributed by atoms with van der Waals surface area (Å²) in [7, 11) is 0.776. The summed E-state index contributed by atoms with van der Waals surface area (Å²) in [6.45, 7) is 12.2. The average molecular weight is 492 g/mol. The van der Waals surface area contributed by atoms with Crippen molar-refractivity contribution in [2.24, 2.45) is 5.73 Å². The summed E-state index contributed by atoms with van der Waals surface area (Å²) in [6, 6.07) is 4.57. The maximum atomic E-state index is 6.68. The molecule has 1 fully saturated rings. The summed E-state index contributed by atoms with van der Waals surface area (Å²) in [4.78, 5) is 11.3.